The van der Waals surface area contributed by atoms with Crippen LogP contribution in [-0.4, -0.2) is 20.9 Å². The second-order valence-electron chi connectivity index (χ2n) is 1.14. The van der Waals surface area contributed by atoms with E-state index in [1.807, 2.05) is 0 Å². The van der Waals surface area contributed by atoms with Gasteiger partial charge in [0.2, 0.25) is 0 Å². The molecule has 7 heavy (non-hydrogen) atoms. The molecule has 0 spiro atoms. The van der Waals surface area contributed by atoms with E-state index in [4.69, 9.17) is 0 Å². The molecule has 0 atom stereocenters. The minimum atomic E-state index is -2.67. The van der Waals surface area contributed by atoms with E-state index in [-0.39, 0.29) is 14.9 Å². The van der Waals surface area contributed by atoms with Crippen LogP contribution >= 0.6 is 0 Å². The molecule has 0 radical (unpaired) electrons. The topological polar surface area (TPSA) is 34.1 Å². The smallest absolute Gasteiger partial charge is 0.144 e. The molecule has 0 fully saturated rings. The molecule has 0 aliphatic carbocycles. The molecule has 0 amide bonds. The Balaban J connectivity index is -0.0000000800. The summed E-state index contributed by atoms with van der Waals surface area (Å²) in [4.78, 5) is 0. The molecule has 0 unspecified atom stereocenters. The van der Waals surface area contributed by atoms with Crippen LogP contribution in [0.3, 0.4) is 0 Å². The maximum atomic E-state index is 9.63. The number of sulfone groups is 1. The van der Waals surface area contributed by atoms with Crippen molar-refractivity contribution in [3.05, 3.63) is 0 Å². The zero-order chi connectivity index (χ0) is 4.50. The molecule has 0 aromatic rings. The molecule has 0 aromatic heterocycles. The van der Waals surface area contributed by atoms with Gasteiger partial charge in [-0.3, -0.25) is 0 Å². The SMILES string of the molecule is C.C.CS(C)(=O)=O. The van der Waals surface area contributed by atoms with E-state index in [2.05, 4.69) is 0 Å². The Kier molecular flexibility index (Phi) is 9.28. The predicted molar refractivity (Wildman–Crippen MR) is 34.2 cm³/mol. The predicted octanol–water partition coefficient (Wildman–Crippen LogP) is 0.933. The highest BCUT2D eigenvalue weighted by Crippen LogP contribution is 1.61. The van der Waals surface area contributed by atoms with E-state index < -0.39 is 9.84 Å². The third-order valence-electron chi connectivity index (χ3n) is 0. The molecule has 0 saturated carbocycles. The lowest BCUT2D eigenvalue weighted by molar-refractivity contribution is 0.607. The monoisotopic (exact) mass is 126 g/mol. The molecular weight excluding hydrogens is 112 g/mol. The molecular formula is C4H14O2S. The average molecular weight is 126 g/mol. The summed E-state index contributed by atoms with van der Waals surface area (Å²) in [7, 11) is -2.67. The first-order chi connectivity index (χ1) is 2.00. The third kappa shape index (κ3) is 37100. The van der Waals surface area contributed by atoms with Crippen molar-refractivity contribution in [3.63, 3.8) is 0 Å². The van der Waals surface area contributed by atoms with Gasteiger partial charge in [0.1, 0.15) is 9.84 Å². The highest BCUT2D eigenvalue weighted by atomic mass is 32.2. The fourth-order valence-corrected chi connectivity index (χ4v) is 0. The second kappa shape index (κ2) is 4.12. The summed E-state index contributed by atoms with van der Waals surface area (Å²) in [6.45, 7) is 0. The van der Waals surface area contributed by atoms with Gasteiger partial charge in [0.15, 0.2) is 0 Å². The van der Waals surface area contributed by atoms with Gasteiger partial charge in [-0.05, 0) is 0 Å². The minimum Gasteiger partial charge on any atom is -0.229 e. The van der Waals surface area contributed by atoms with Crippen LogP contribution in [0, 0.1) is 0 Å². The lowest BCUT2D eigenvalue weighted by Crippen LogP contribution is -1.86. The fourth-order valence-electron chi connectivity index (χ4n) is 0. The summed E-state index contributed by atoms with van der Waals surface area (Å²) in [5, 5.41) is 0. The highest BCUT2D eigenvalue weighted by Gasteiger charge is 1.79. The highest BCUT2D eigenvalue weighted by molar-refractivity contribution is 7.89. The van der Waals surface area contributed by atoms with Crippen LogP contribution in [0.25, 0.3) is 0 Å². The van der Waals surface area contributed by atoms with Crippen molar-refractivity contribution >= 4 is 9.84 Å². The van der Waals surface area contributed by atoms with E-state index in [9.17, 15) is 8.42 Å². The molecule has 2 nitrogen and oxygen atoms in total. The molecule has 48 valence electrons. The summed E-state index contributed by atoms with van der Waals surface area (Å²) in [5.41, 5.74) is 0. The quantitative estimate of drug-likeness (QED) is 0.484. The van der Waals surface area contributed by atoms with Gasteiger partial charge in [-0.15, -0.1) is 0 Å². The van der Waals surface area contributed by atoms with Gasteiger partial charge in [-0.2, -0.15) is 0 Å². The lowest BCUT2D eigenvalue weighted by atomic mass is 11.9. The van der Waals surface area contributed by atoms with E-state index in [0.29, 0.717) is 0 Å². The standard InChI is InChI=1S/C2H6O2S.2CH4/c1-5(2,3)4;;/h1-2H3;2*1H4. The molecule has 0 aliphatic rings. The van der Waals surface area contributed by atoms with Crippen LogP contribution in [0.1, 0.15) is 14.9 Å². The number of hydrogen-bond acceptors (Lipinski definition) is 2. The molecule has 0 saturated heterocycles. The summed E-state index contributed by atoms with van der Waals surface area (Å²) in [5.74, 6) is 0. The molecule has 0 bridgehead atoms. The van der Waals surface area contributed by atoms with Crippen LogP contribution in [-0.2, 0) is 9.84 Å². The molecule has 0 aromatic carbocycles. The first-order valence-corrected chi connectivity index (χ1v) is 3.45. The van der Waals surface area contributed by atoms with Gasteiger partial charge in [0.25, 0.3) is 0 Å². The Bertz CT molecular complexity index is 92.9. The van der Waals surface area contributed by atoms with Crippen molar-refractivity contribution in [1.82, 2.24) is 0 Å². The van der Waals surface area contributed by atoms with E-state index in [1.54, 1.807) is 0 Å². The molecule has 0 N–H and O–H groups in total. The molecule has 3 heteroatoms. The lowest BCUT2D eigenvalue weighted by Gasteiger charge is -1.69. The maximum absolute atomic E-state index is 9.63. The van der Waals surface area contributed by atoms with Crippen LogP contribution < -0.4 is 0 Å². The van der Waals surface area contributed by atoms with Crippen molar-refractivity contribution in [1.29, 1.82) is 0 Å². The van der Waals surface area contributed by atoms with Crippen molar-refractivity contribution in [2.45, 2.75) is 14.9 Å². The van der Waals surface area contributed by atoms with Crippen LogP contribution in [0.15, 0.2) is 0 Å². The zero-order valence-electron chi connectivity index (χ0n) is 3.22. The van der Waals surface area contributed by atoms with Crippen LogP contribution in [0.5, 0.6) is 0 Å². The van der Waals surface area contributed by atoms with Crippen molar-refractivity contribution < 1.29 is 8.42 Å². The first kappa shape index (κ1) is 15.8. The van der Waals surface area contributed by atoms with Gasteiger partial charge in [-0.1, -0.05) is 14.9 Å². The van der Waals surface area contributed by atoms with Crippen LogP contribution in [0.4, 0.5) is 0 Å². The molecule has 0 aliphatic heterocycles. The second-order valence-corrected chi connectivity index (χ2v) is 3.43. The maximum Gasteiger partial charge on any atom is 0.144 e. The van der Waals surface area contributed by atoms with Gasteiger partial charge in [0, 0.05) is 12.5 Å². The molecule has 0 heterocycles. The fraction of sp³-hybridized carbons (Fsp3) is 1.00. The minimum absolute atomic E-state index is 0. The largest absolute Gasteiger partial charge is 0.229 e. The summed E-state index contributed by atoms with van der Waals surface area (Å²) in [6, 6.07) is 0. The summed E-state index contributed by atoms with van der Waals surface area (Å²) in [6.07, 6.45) is 2.32. The van der Waals surface area contributed by atoms with Crippen molar-refractivity contribution in [2.24, 2.45) is 0 Å². The summed E-state index contributed by atoms with van der Waals surface area (Å²) >= 11 is 0. The van der Waals surface area contributed by atoms with E-state index >= 15 is 0 Å². The Labute approximate surface area is 46.5 Å². The van der Waals surface area contributed by atoms with E-state index in [0.717, 1.165) is 12.5 Å². The third-order valence-corrected chi connectivity index (χ3v) is 0. The Hall–Kier alpha value is -0.0500. The van der Waals surface area contributed by atoms with E-state index in [1.165, 1.54) is 0 Å². The number of rotatable bonds is 0. The van der Waals surface area contributed by atoms with Crippen LogP contribution in [0.2, 0.25) is 0 Å². The van der Waals surface area contributed by atoms with Gasteiger partial charge in [-0.25, -0.2) is 8.42 Å². The van der Waals surface area contributed by atoms with Gasteiger partial charge in [0.05, 0.1) is 0 Å². The van der Waals surface area contributed by atoms with Gasteiger partial charge >= 0.3 is 0 Å². The van der Waals surface area contributed by atoms with Gasteiger partial charge < -0.3 is 0 Å². The zero-order valence-corrected chi connectivity index (χ0v) is 4.04. The Morgan fingerprint density at radius 1 is 1.00 bits per heavy atom. The number of hydrogen-bond donors (Lipinski definition) is 0. The summed E-state index contributed by atoms with van der Waals surface area (Å²) < 4.78 is 19.3. The molecule has 0 rings (SSSR count). The Morgan fingerprint density at radius 2 is 1.00 bits per heavy atom. The average Bonchev–Trinajstić information content (AvgIpc) is 0.722. The Morgan fingerprint density at radius 3 is 1.00 bits per heavy atom. The van der Waals surface area contributed by atoms with Crippen molar-refractivity contribution in [3.8, 4) is 0 Å². The normalized spacial score (nSPS) is 8.29. The van der Waals surface area contributed by atoms with Crippen molar-refractivity contribution in [2.75, 3.05) is 12.5 Å². The first-order valence-electron chi connectivity index (χ1n) is 1.15.